The molecule has 5 rings (SSSR count). The van der Waals surface area contributed by atoms with Crippen molar-refractivity contribution in [3.05, 3.63) is 71.8 Å². The van der Waals surface area contributed by atoms with Gasteiger partial charge < -0.3 is 14.9 Å². The van der Waals surface area contributed by atoms with Crippen molar-refractivity contribution in [3.8, 4) is 0 Å². The lowest BCUT2D eigenvalue weighted by Gasteiger charge is -2.57. The summed E-state index contributed by atoms with van der Waals surface area (Å²) in [5.41, 5.74) is -1.88. The van der Waals surface area contributed by atoms with E-state index in [9.17, 15) is 24.6 Å². The minimum absolute atomic E-state index is 0.0506. The number of carbonyl (C=O) groups excluding carboxylic acids is 3. The number of aliphatic hydroxyl groups excluding tert-OH is 1. The highest BCUT2D eigenvalue weighted by atomic mass is 16.5. The van der Waals surface area contributed by atoms with Crippen molar-refractivity contribution in [2.45, 2.75) is 45.3 Å². The van der Waals surface area contributed by atoms with Gasteiger partial charge in [-0.2, -0.15) is 0 Å². The van der Waals surface area contributed by atoms with Gasteiger partial charge in [-0.1, -0.05) is 57.2 Å². The molecule has 1 aromatic carbocycles. The smallest absolute Gasteiger partial charge is 0.338 e. The molecule has 0 amide bonds. The Hall–Kier alpha value is -2.83. The second-order valence-electron chi connectivity index (χ2n) is 11.1. The first kappa shape index (κ1) is 23.9. The van der Waals surface area contributed by atoms with Gasteiger partial charge in [0.25, 0.3) is 0 Å². The van der Waals surface area contributed by atoms with Crippen molar-refractivity contribution in [2.75, 3.05) is 6.61 Å². The van der Waals surface area contributed by atoms with Gasteiger partial charge in [-0.15, -0.1) is 0 Å². The van der Waals surface area contributed by atoms with Crippen molar-refractivity contribution < 1.29 is 29.3 Å². The van der Waals surface area contributed by atoms with Crippen LogP contribution in [0.4, 0.5) is 0 Å². The maximum absolute atomic E-state index is 13.5. The molecule has 0 bridgehead atoms. The van der Waals surface area contributed by atoms with Crippen LogP contribution in [0.25, 0.3) is 0 Å². The SMILES string of the molecule is C[C@@H]1C[C@H]2[C@@H]3C=CC4=CC(=O)C=C[C@]4(C)[C@H]3[C@@H](O)C[C@]2(C)[C@@]1(O)C(=O)COC(=O)c1ccccc1. The molecule has 2 saturated carbocycles. The monoisotopic (exact) mass is 476 g/mol. The molecule has 35 heavy (non-hydrogen) atoms. The summed E-state index contributed by atoms with van der Waals surface area (Å²) in [5.74, 6) is -1.85. The van der Waals surface area contributed by atoms with Crippen LogP contribution in [0.3, 0.4) is 0 Å². The molecule has 0 unspecified atom stereocenters. The van der Waals surface area contributed by atoms with E-state index in [-0.39, 0.29) is 35.9 Å². The van der Waals surface area contributed by atoms with Gasteiger partial charge in [-0.25, -0.2) is 4.79 Å². The second-order valence-corrected chi connectivity index (χ2v) is 11.1. The molecule has 184 valence electrons. The van der Waals surface area contributed by atoms with E-state index >= 15 is 0 Å². The van der Waals surface area contributed by atoms with Gasteiger partial charge in [-0.3, -0.25) is 9.59 Å². The molecule has 0 aromatic heterocycles. The molecule has 0 spiro atoms. The average molecular weight is 477 g/mol. The normalized spacial score (nSPS) is 41.5. The molecule has 6 nitrogen and oxygen atoms in total. The Labute approximate surface area is 205 Å². The van der Waals surface area contributed by atoms with Crippen molar-refractivity contribution >= 4 is 17.5 Å². The van der Waals surface area contributed by atoms with Gasteiger partial charge in [0.2, 0.25) is 5.78 Å². The van der Waals surface area contributed by atoms with E-state index in [0.29, 0.717) is 12.0 Å². The summed E-state index contributed by atoms with van der Waals surface area (Å²) in [5, 5.41) is 23.4. The van der Waals surface area contributed by atoms with Crippen molar-refractivity contribution in [1.29, 1.82) is 0 Å². The summed E-state index contributed by atoms with van der Waals surface area (Å²) < 4.78 is 5.30. The van der Waals surface area contributed by atoms with Gasteiger partial charge in [0.15, 0.2) is 12.4 Å². The van der Waals surface area contributed by atoms with Gasteiger partial charge in [0, 0.05) is 16.7 Å². The Morgan fingerprint density at radius 3 is 2.57 bits per heavy atom. The van der Waals surface area contributed by atoms with E-state index in [1.165, 1.54) is 0 Å². The number of carbonyl (C=O) groups is 3. The van der Waals surface area contributed by atoms with Gasteiger partial charge in [-0.05, 0) is 60.5 Å². The fraction of sp³-hybridized carbons (Fsp3) is 0.483. The Balaban J connectivity index is 1.43. The van der Waals surface area contributed by atoms with Crippen LogP contribution in [0.15, 0.2) is 66.3 Å². The molecule has 4 aliphatic rings. The van der Waals surface area contributed by atoms with Crippen LogP contribution in [0.5, 0.6) is 0 Å². The van der Waals surface area contributed by atoms with Crippen LogP contribution in [0.1, 0.15) is 44.0 Å². The third kappa shape index (κ3) is 3.34. The topological polar surface area (TPSA) is 101 Å². The summed E-state index contributed by atoms with van der Waals surface area (Å²) >= 11 is 0. The molecule has 2 fully saturated rings. The Bertz CT molecular complexity index is 1160. The van der Waals surface area contributed by atoms with Crippen molar-refractivity contribution in [1.82, 2.24) is 0 Å². The zero-order valence-electron chi connectivity index (χ0n) is 20.3. The van der Waals surface area contributed by atoms with E-state index in [0.717, 1.165) is 5.57 Å². The molecule has 0 heterocycles. The Kier molecular flexibility index (Phi) is 5.53. The third-order valence-corrected chi connectivity index (χ3v) is 9.41. The summed E-state index contributed by atoms with van der Waals surface area (Å²) in [6, 6.07) is 8.44. The highest BCUT2D eigenvalue weighted by Crippen LogP contribution is 2.67. The van der Waals surface area contributed by atoms with Crippen LogP contribution < -0.4 is 0 Å². The van der Waals surface area contributed by atoms with Crippen molar-refractivity contribution in [2.24, 2.45) is 34.5 Å². The van der Waals surface area contributed by atoms with Gasteiger partial charge >= 0.3 is 5.97 Å². The van der Waals surface area contributed by atoms with Crippen LogP contribution in [0.2, 0.25) is 0 Å². The number of allylic oxidation sites excluding steroid dienone is 6. The molecule has 1 aromatic rings. The maximum Gasteiger partial charge on any atom is 0.338 e. The minimum atomic E-state index is -1.73. The number of esters is 1. The molecular weight excluding hydrogens is 444 g/mol. The summed E-state index contributed by atoms with van der Waals surface area (Å²) in [6.45, 7) is 5.28. The van der Waals surface area contributed by atoms with E-state index < -0.39 is 40.9 Å². The number of fused-ring (bicyclic) bond motifs is 5. The summed E-state index contributed by atoms with van der Waals surface area (Å²) in [4.78, 5) is 37.9. The third-order valence-electron chi connectivity index (χ3n) is 9.41. The predicted molar refractivity (Wildman–Crippen MR) is 129 cm³/mol. The van der Waals surface area contributed by atoms with E-state index in [2.05, 4.69) is 0 Å². The van der Waals surface area contributed by atoms with E-state index in [1.54, 1.807) is 42.5 Å². The second kappa shape index (κ2) is 8.10. The lowest BCUT2D eigenvalue weighted by atomic mass is 9.47. The van der Waals surface area contributed by atoms with Crippen LogP contribution in [0, 0.1) is 34.5 Å². The largest absolute Gasteiger partial charge is 0.454 e. The van der Waals surface area contributed by atoms with E-state index in [1.807, 2.05) is 39.0 Å². The number of benzene rings is 1. The van der Waals surface area contributed by atoms with Crippen LogP contribution in [-0.4, -0.2) is 46.1 Å². The van der Waals surface area contributed by atoms with Gasteiger partial charge in [0.1, 0.15) is 5.60 Å². The Morgan fingerprint density at radius 2 is 1.86 bits per heavy atom. The molecule has 0 saturated heterocycles. The molecule has 8 atom stereocenters. The number of ketones is 2. The van der Waals surface area contributed by atoms with Crippen LogP contribution >= 0.6 is 0 Å². The fourth-order valence-corrected chi connectivity index (χ4v) is 7.61. The van der Waals surface area contributed by atoms with Crippen molar-refractivity contribution in [3.63, 3.8) is 0 Å². The number of aliphatic hydroxyl groups is 2. The standard InChI is InChI=1S/C29H32O6/c1-17-13-22-21-10-9-19-14-20(30)11-12-27(19,2)25(21)23(31)15-28(22,3)29(17,34)24(32)16-35-26(33)18-7-5-4-6-8-18/h4-12,14,17,21-23,25,31,34H,13,15-16H2,1-3H3/t17-,21+,22+,23+,25-,27+,28+,29+/m1/s1. The maximum atomic E-state index is 13.5. The first-order valence-electron chi connectivity index (χ1n) is 12.3. The molecule has 0 radical (unpaired) electrons. The highest BCUT2D eigenvalue weighted by molar-refractivity contribution is 6.01. The first-order valence-corrected chi connectivity index (χ1v) is 12.3. The zero-order valence-corrected chi connectivity index (χ0v) is 20.3. The first-order chi connectivity index (χ1) is 16.5. The molecule has 0 aliphatic heterocycles. The fourth-order valence-electron chi connectivity index (χ4n) is 7.61. The number of rotatable bonds is 4. The number of ether oxygens (including phenoxy) is 1. The quantitative estimate of drug-likeness (QED) is 0.646. The minimum Gasteiger partial charge on any atom is -0.454 e. The lowest BCUT2D eigenvalue weighted by molar-refractivity contribution is -0.178. The molecular formula is C29H32O6. The zero-order chi connectivity index (χ0) is 25.2. The molecule has 4 aliphatic carbocycles. The number of hydrogen-bond donors (Lipinski definition) is 2. The summed E-state index contributed by atoms with van der Waals surface area (Å²) in [7, 11) is 0. The Morgan fingerprint density at radius 1 is 1.14 bits per heavy atom. The van der Waals surface area contributed by atoms with E-state index in [4.69, 9.17) is 4.74 Å². The number of Topliss-reactive ketones (excluding diaryl/α,β-unsaturated/α-hetero) is 1. The number of hydrogen-bond acceptors (Lipinski definition) is 6. The van der Waals surface area contributed by atoms with Gasteiger partial charge in [0.05, 0.1) is 11.7 Å². The summed E-state index contributed by atoms with van der Waals surface area (Å²) in [6.07, 6.45) is 9.19. The highest BCUT2D eigenvalue weighted by Gasteiger charge is 2.70. The molecule has 6 heteroatoms. The van der Waals surface area contributed by atoms with Crippen LogP contribution in [-0.2, 0) is 14.3 Å². The predicted octanol–water partition coefficient (Wildman–Crippen LogP) is 3.44. The lowest BCUT2D eigenvalue weighted by Crippen LogP contribution is -2.62. The average Bonchev–Trinajstić information content (AvgIpc) is 3.04. The molecule has 2 N–H and O–H groups in total.